The van der Waals surface area contributed by atoms with Gasteiger partial charge in [-0.2, -0.15) is 0 Å². The number of carbonyl (C=O) groups is 1. The fraction of sp³-hybridized carbons (Fsp3) is 0.364. The maximum atomic E-state index is 13.6. The number of hydrogen-bond acceptors (Lipinski definition) is 2. The molecule has 0 aromatic heterocycles. The summed E-state index contributed by atoms with van der Waals surface area (Å²) in [5.74, 6) is -1.15. The summed E-state index contributed by atoms with van der Waals surface area (Å²) >= 11 is 5.63. The minimum Gasteiger partial charge on any atom is -0.368 e. The molecule has 0 spiro atoms. The van der Waals surface area contributed by atoms with Crippen LogP contribution >= 0.6 is 11.6 Å². The first-order chi connectivity index (χ1) is 7.41. The Morgan fingerprint density at radius 1 is 1.50 bits per heavy atom. The average Bonchev–Trinajstić information content (AvgIpc) is 2.14. The molecule has 1 atom stereocenters. The van der Waals surface area contributed by atoms with Crippen LogP contribution in [0.4, 0.5) is 4.39 Å². The monoisotopic (exact) mass is 244 g/mol. The lowest BCUT2D eigenvalue weighted by atomic mass is 10.0. The van der Waals surface area contributed by atoms with E-state index < -0.39 is 17.8 Å². The van der Waals surface area contributed by atoms with Crippen molar-refractivity contribution in [3.05, 3.63) is 34.6 Å². The number of carbonyl (C=O) groups excluding carboxylic acids is 1. The minimum absolute atomic E-state index is 0.0209. The van der Waals surface area contributed by atoms with E-state index in [0.717, 1.165) is 6.07 Å². The number of nitrogens with one attached hydrogen (secondary N) is 1. The fourth-order valence-corrected chi connectivity index (χ4v) is 1.55. The molecule has 0 saturated carbocycles. The van der Waals surface area contributed by atoms with E-state index in [1.54, 1.807) is 0 Å². The molecule has 0 bridgehead atoms. The van der Waals surface area contributed by atoms with Crippen LogP contribution in [-0.2, 0) is 4.79 Å². The van der Waals surface area contributed by atoms with E-state index in [1.807, 2.05) is 13.8 Å². The molecule has 3 N–H and O–H groups in total. The van der Waals surface area contributed by atoms with Gasteiger partial charge in [0.2, 0.25) is 5.91 Å². The predicted octanol–water partition coefficient (Wildman–Crippen LogP) is 2.00. The van der Waals surface area contributed by atoms with Gasteiger partial charge in [0.05, 0.1) is 0 Å². The van der Waals surface area contributed by atoms with Crippen molar-refractivity contribution in [3.63, 3.8) is 0 Å². The Balaban J connectivity index is 3.06. The Morgan fingerprint density at radius 3 is 2.56 bits per heavy atom. The summed E-state index contributed by atoms with van der Waals surface area (Å²) in [6, 6.07) is 3.33. The van der Waals surface area contributed by atoms with E-state index in [0.29, 0.717) is 0 Å². The molecule has 5 heteroatoms. The van der Waals surface area contributed by atoms with Crippen LogP contribution in [0.25, 0.3) is 0 Å². The number of hydrogen-bond donors (Lipinski definition) is 2. The zero-order valence-electron chi connectivity index (χ0n) is 9.13. The van der Waals surface area contributed by atoms with Crippen LogP contribution in [0.1, 0.15) is 25.5 Å². The maximum Gasteiger partial charge on any atom is 0.239 e. The molecule has 1 aromatic rings. The lowest BCUT2D eigenvalue weighted by molar-refractivity contribution is -0.120. The maximum absolute atomic E-state index is 13.6. The number of nitrogens with two attached hydrogens (primary N) is 1. The van der Waals surface area contributed by atoms with E-state index in [9.17, 15) is 9.18 Å². The molecule has 16 heavy (non-hydrogen) atoms. The molecule has 0 aliphatic heterocycles. The van der Waals surface area contributed by atoms with E-state index in [-0.39, 0.29) is 16.6 Å². The number of benzene rings is 1. The normalized spacial score (nSPS) is 12.8. The van der Waals surface area contributed by atoms with Gasteiger partial charge in [-0.05, 0) is 26.0 Å². The summed E-state index contributed by atoms with van der Waals surface area (Å²) in [6.07, 6.45) is 0. The quantitative estimate of drug-likeness (QED) is 0.851. The van der Waals surface area contributed by atoms with Crippen molar-refractivity contribution in [1.29, 1.82) is 0 Å². The van der Waals surface area contributed by atoms with Crippen LogP contribution in [0.15, 0.2) is 18.2 Å². The Morgan fingerprint density at radius 2 is 2.12 bits per heavy atom. The van der Waals surface area contributed by atoms with Crippen LogP contribution in [0, 0.1) is 5.82 Å². The van der Waals surface area contributed by atoms with Crippen molar-refractivity contribution in [1.82, 2.24) is 5.32 Å². The standard InChI is InChI=1S/C11H14ClFN2O/c1-6(2)15-10(11(14)16)8-4-3-7(12)5-9(8)13/h3-6,10,15H,1-2H3,(H2,14,16). The van der Waals surface area contributed by atoms with Crippen molar-refractivity contribution >= 4 is 17.5 Å². The third-order valence-electron chi connectivity index (χ3n) is 2.06. The van der Waals surface area contributed by atoms with Crippen LogP contribution in [0.3, 0.4) is 0 Å². The van der Waals surface area contributed by atoms with Crippen LogP contribution in [0.5, 0.6) is 0 Å². The largest absolute Gasteiger partial charge is 0.368 e. The minimum atomic E-state index is -0.836. The SMILES string of the molecule is CC(C)NC(C(N)=O)c1ccc(Cl)cc1F. The van der Waals surface area contributed by atoms with Crippen molar-refractivity contribution in [2.45, 2.75) is 25.9 Å². The van der Waals surface area contributed by atoms with E-state index in [1.165, 1.54) is 12.1 Å². The van der Waals surface area contributed by atoms with Gasteiger partial charge in [-0.15, -0.1) is 0 Å². The summed E-state index contributed by atoms with van der Waals surface area (Å²) in [5.41, 5.74) is 5.44. The van der Waals surface area contributed by atoms with Gasteiger partial charge in [0.25, 0.3) is 0 Å². The molecule has 0 radical (unpaired) electrons. The van der Waals surface area contributed by atoms with Crippen LogP contribution in [-0.4, -0.2) is 11.9 Å². The molecule has 0 aliphatic carbocycles. The lowest BCUT2D eigenvalue weighted by Crippen LogP contribution is -2.38. The summed E-state index contributed by atoms with van der Waals surface area (Å²) in [5, 5.41) is 3.18. The van der Waals surface area contributed by atoms with Gasteiger partial charge in [-0.3, -0.25) is 10.1 Å². The summed E-state index contributed by atoms with van der Waals surface area (Å²) in [7, 11) is 0. The van der Waals surface area contributed by atoms with Gasteiger partial charge in [0.15, 0.2) is 0 Å². The Kier molecular flexibility index (Phi) is 4.26. The predicted molar refractivity (Wildman–Crippen MR) is 61.6 cm³/mol. The second kappa shape index (κ2) is 5.27. The topological polar surface area (TPSA) is 55.1 Å². The van der Waals surface area contributed by atoms with Gasteiger partial charge >= 0.3 is 0 Å². The highest BCUT2D eigenvalue weighted by molar-refractivity contribution is 6.30. The second-order valence-electron chi connectivity index (χ2n) is 3.82. The molecule has 0 fully saturated rings. The number of rotatable bonds is 4. The molecular weight excluding hydrogens is 231 g/mol. The van der Waals surface area contributed by atoms with Crippen molar-refractivity contribution in [3.8, 4) is 0 Å². The summed E-state index contributed by atoms with van der Waals surface area (Å²) < 4.78 is 13.6. The van der Waals surface area contributed by atoms with Gasteiger partial charge in [-0.1, -0.05) is 17.7 Å². The third kappa shape index (κ3) is 3.18. The summed E-state index contributed by atoms with van der Waals surface area (Å²) in [6.45, 7) is 3.70. The highest BCUT2D eigenvalue weighted by atomic mass is 35.5. The Bertz CT molecular complexity index is 396. The van der Waals surface area contributed by atoms with Gasteiger partial charge in [-0.25, -0.2) is 4.39 Å². The second-order valence-corrected chi connectivity index (χ2v) is 4.26. The molecule has 0 saturated heterocycles. The molecule has 0 heterocycles. The Hall–Kier alpha value is -1.13. The average molecular weight is 245 g/mol. The zero-order chi connectivity index (χ0) is 12.3. The molecule has 88 valence electrons. The molecule has 1 amide bonds. The first kappa shape index (κ1) is 12.9. The van der Waals surface area contributed by atoms with Crippen molar-refractivity contribution in [2.75, 3.05) is 0 Å². The first-order valence-electron chi connectivity index (χ1n) is 4.92. The zero-order valence-corrected chi connectivity index (χ0v) is 9.88. The van der Waals surface area contributed by atoms with E-state index in [2.05, 4.69) is 5.32 Å². The first-order valence-corrected chi connectivity index (χ1v) is 5.30. The van der Waals surface area contributed by atoms with Gasteiger partial charge < -0.3 is 5.73 Å². The number of amides is 1. The molecule has 1 unspecified atom stereocenters. The molecule has 0 aliphatic rings. The van der Waals surface area contributed by atoms with Crippen LogP contribution < -0.4 is 11.1 Å². The molecular formula is C11H14ClFN2O. The van der Waals surface area contributed by atoms with Crippen molar-refractivity contribution in [2.24, 2.45) is 5.73 Å². The van der Waals surface area contributed by atoms with Gasteiger partial charge in [0, 0.05) is 16.6 Å². The smallest absolute Gasteiger partial charge is 0.239 e. The lowest BCUT2D eigenvalue weighted by Gasteiger charge is -2.19. The number of primary amides is 1. The highest BCUT2D eigenvalue weighted by Gasteiger charge is 2.21. The molecule has 3 nitrogen and oxygen atoms in total. The van der Waals surface area contributed by atoms with Crippen LogP contribution in [0.2, 0.25) is 5.02 Å². The molecule has 1 aromatic carbocycles. The summed E-state index contributed by atoms with van der Waals surface area (Å²) in [4.78, 5) is 11.2. The van der Waals surface area contributed by atoms with Gasteiger partial charge in [0.1, 0.15) is 11.9 Å². The fourth-order valence-electron chi connectivity index (χ4n) is 1.39. The van der Waals surface area contributed by atoms with E-state index >= 15 is 0 Å². The van der Waals surface area contributed by atoms with E-state index in [4.69, 9.17) is 17.3 Å². The molecule has 1 rings (SSSR count). The third-order valence-corrected chi connectivity index (χ3v) is 2.29. The number of halogens is 2. The highest BCUT2D eigenvalue weighted by Crippen LogP contribution is 2.21. The Labute approximate surface area is 98.8 Å². The van der Waals surface area contributed by atoms with Crippen molar-refractivity contribution < 1.29 is 9.18 Å².